The number of nitrogens with zero attached hydrogens (tertiary/aromatic N) is 1. The van der Waals surface area contributed by atoms with Crippen LogP contribution in [0, 0.1) is 28.6 Å². The van der Waals surface area contributed by atoms with Gasteiger partial charge in [0.25, 0.3) is 0 Å². The number of aliphatic imine (C=N–C) groups is 1. The highest BCUT2D eigenvalue weighted by molar-refractivity contribution is 5.35. The van der Waals surface area contributed by atoms with E-state index < -0.39 is 0 Å². The van der Waals surface area contributed by atoms with Crippen molar-refractivity contribution in [1.29, 1.82) is 0 Å². The second-order valence-electron chi connectivity index (χ2n) is 9.24. The molecule has 0 aromatic carbocycles. The van der Waals surface area contributed by atoms with Gasteiger partial charge in [-0.1, -0.05) is 25.5 Å². The van der Waals surface area contributed by atoms with Crippen molar-refractivity contribution in [3.05, 3.63) is 12.2 Å². The van der Waals surface area contributed by atoms with Crippen molar-refractivity contribution in [2.24, 2.45) is 33.6 Å². The first-order valence-electron chi connectivity index (χ1n) is 9.20. The van der Waals surface area contributed by atoms with Crippen molar-refractivity contribution < 1.29 is 4.79 Å². The van der Waals surface area contributed by atoms with Crippen LogP contribution < -0.4 is 0 Å². The van der Waals surface area contributed by atoms with E-state index in [9.17, 15) is 4.79 Å². The smallest absolute Gasteiger partial charge is 0.211 e. The zero-order valence-electron chi connectivity index (χ0n) is 14.2. The first-order chi connectivity index (χ1) is 10.4. The Balaban J connectivity index is 1.75. The molecule has 1 spiro atoms. The highest BCUT2D eigenvalue weighted by Gasteiger charge is 2.63. The molecular weight excluding hydrogens is 270 g/mol. The van der Waals surface area contributed by atoms with Crippen LogP contribution in [0.25, 0.3) is 0 Å². The first-order valence-corrected chi connectivity index (χ1v) is 9.20. The van der Waals surface area contributed by atoms with Crippen LogP contribution >= 0.6 is 0 Å². The molecule has 0 aromatic heterocycles. The summed E-state index contributed by atoms with van der Waals surface area (Å²) in [4.78, 5) is 15.3. The summed E-state index contributed by atoms with van der Waals surface area (Å²) in [6.07, 6.45) is 13.5. The molecule has 0 saturated heterocycles. The van der Waals surface area contributed by atoms with Gasteiger partial charge in [0, 0.05) is 0 Å². The molecule has 120 valence electrons. The molecule has 0 amide bonds. The summed E-state index contributed by atoms with van der Waals surface area (Å²) in [5.41, 5.74) is 2.27. The van der Waals surface area contributed by atoms with Gasteiger partial charge in [-0.3, -0.25) is 0 Å². The van der Waals surface area contributed by atoms with Crippen LogP contribution in [0.1, 0.15) is 71.6 Å². The van der Waals surface area contributed by atoms with Gasteiger partial charge in [-0.25, -0.2) is 4.79 Å². The second kappa shape index (κ2) is 4.57. The molecular formula is C20H29NO. The minimum absolute atomic E-state index is 0.164. The van der Waals surface area contributed by atoms with Crippen LogP contribution in [0.2, 0.25) is 0 Å². The van der Waals surface area contributed by atoms with Gasteiger partial charge in [0.05, 0.1) is 5.54 Å². The minimum Gasteiger partial charge on any atom is -0.211 e. The standard InChI is InChI=1S/C20H29NO/c1-14-11-20-10-7-16-18(2,17(20)6-5-15(14)12-20)8-4-9-19(16,3)21-13-22/h15-17H,1,4-12H2,2-3H3/t15-,16+,17+,18-,19-,20-/m1/s1. The Kier molecular flexibility index (Phi) is 3.05. The van der Waals surface area contributed by atoms with E-state index >= 15 is 0 Å². The van der Waals surface area contributed by atoms with Crippen molar-refractivity contribution >= 4 is 6.08 Å². The van der Waals surface area contributed by atoms with Crippen molar-refractivity contribution in [2.75, 3.05) is 0 Å². The summed E-state index contributed by atoms with van der Waals surface area (Å²) < 4.78 is 0. The van der Waals surface area contributed by atoms with Gasteiger partial charge >= 0.3 is 0 Å². The highest BCUT2D eigenvalue weighted by Crippen LogP contribution is 2.71. The summed E-state index contributed by atoms with van der Waals surface area (Å²) in [6, 6.07) is 0. The molecule has 0 N–H and O–H groups in total. The van der Waals surface area contributed by atoms with E-state index in [2.05, 4.69) is 25.4 Å². The lowest BCUT2D eigenvalue weighted by molar-refractivity contribution is -0.125. The van der Waals surface area contributed by atoms with Crippen molar-refractivity contribution in [3.8, 4) is 0 Å². The van der Waals surface area contributed by atoms with Crippen molar-refractivity contribution in [2.45, 2.75) is 77.2 Å². The van der Waals surface area contributed by atoms with Crippen LogP contribution in [-0.2, 0) is 4.79 Å². The largest absolute Gasteiger partial charge is 0.235 e. The fourth-order valence-electron chi connectivity index (χ4n) is 7.56. The molecule has 0 heterocycles. The number of rotatable bonds is 1. The van der Waals surface area contributed by atoms with Gasteiger partial charge < -0.3 is 0 Å². The normalized spacial score (nSPS) is 53.4. The lowest BCUT2D eigenvalue weighted by atomic mass is 9.42. The zero-order chi connectivity index (χ0) is 15.6. The first kappa shape index (κ1) is 14.7. The molecule has 22 heavy (non-hydrogen) atoms. The lowest BCUT2D eigenvalue weighted by Gasteiger charge is -2.63. The van der Waals surface area contributed by atoms with E-state index in [4.69, 9.17) is 0 Å². The molecule has 0 radical (unpaired) electrons. The van der Waals surface area contributed by atoms with Crippen LogP contribution in [0.5, 0.6) is 0 Å². The molecule has 4 rings (SSSR count). The summed E-state index contributed by atoms with van der Waals surface area (Å²) in [5, 5.41) is 0. The number of isocyanates is 1. The van der Waals surface area contributed by atoms with Crippen LogP contribution in [0.4, 0.5) is 0 Å². The van der Waals surface area contributed by atoms with Gasteiger partial charge in [0.1, 0.15) is 0 Å². The minimum atomic E-state index is -0.164. The molecule has 0 unspecified atom stereocenters. The average Bonchev–Trinajstić information content (AvgIpc) is 2.68. The molecule has 2 nitrogen and oxygen atoms in total. The Hall–Kier alpha value is -0.880. The van der Waals surface area contributed by atoms with Crippen LogP contribution in [0.3, 0.4) is 0 Å². The topological polar surface area (TPSA) is 29.4 Å². The lowest BCUT2D eigenvalue weighted by Crippen LogP contribution is -2.58. The fourth-order valence-corrected chi connectivity index (χ4v) is 7.56. The molecule has 0 aromatic rings. The fraction of sp³-hybridized carbons (Fsp3) is 0.850. The third-order valence-electron chi connectivity index (χ3n) is 8.33. The number of hydrogen-bond acceptors (Lipinski definition) is 2. The van der Waals surface area contributed by atoms with E-state index in [1.54, 1.807) is 0 Å². The molecule has 4 fully saturated rings. The van der Waals surface area contributed by atoms with Crippen molar-refractivity contribution in [3.63, 3.8) is 0 Å². The van der Waals surface area contributed by atoms with Crippen LogP contribution in [-0.4, -0.2) is 11.6 Å². The monoisotopic (exact) mass is 299 g/mol. The predicted octanol–water partition coefficient (Wildman–Crippen LogP) is 5.04. The molecule has 4 saturated carbocycles. The van der Waals surface area contributed by atoms with Gasteiger partial charge in [0.2, 0.25) is 6.08 Å². The van der Waals surface area contributed by atoms with E-state index in [-0.39, 0.29) is 5.54 Å². The van der Waals surface area contributed by atoms with Gasteiger partial charge in [-0.15, -0.1) is 0 Å². The Morgan fingerprint density at radius 2 is 1.95 bits per heavy atom. The van der Waals surface area contributed by atoms with Crippen LogP contribution in [0.15, 0.2) is 17.1 Å². The Morgan fingerprint density at radius 3 is 2.73 bits per heavy atom. The van der Waals surface area contributed by atoms with Gasteiger partial charge in [-0.2, -0.15) is 4.99 Å². The van der Waals surface area contributed by atoms with Crippen molar-refractivity contribution in [1.82, 2.24) is 0 Å². The zero-order valence-corrected chi connectivity index (χ0v) is 14.2. The average molecular weight is 299 g/mol. The van der Waals surface area contributed by atoms with E-state index in [1.165, 1.54) is 56.9 Å². The quantitative estimate of drug-likeness (QED) is 0.379. The Morgan fingerprint density at radius 1 is 1.14 bits per heavy atom. The number of fused-ring (bicyclic) bond motifs is 3. The molecule has 6 atom stereocenters. The van der Waals surface area contributed by atoms with E-state index in [0.29, 0.717) is 16.7 Å². The molecule has 2 heteroatoms. The number of allylic oxidation sites excluding steroid dienone is 1. The third kappa shape index (κ3) is 1.74. The molecule has 4 aliphatic rings. The Bertz CT molecular complexity index is 562. The van der Waals surface area contributed by atoms with E-state index in [1.807, 2.05) is 6.08 Å². The number of carbonyl (C=O) groups excluding carboxylic acids is 1. The highest BCUT2D eigenvalue weighted by atomic mass is 16.1. The summed E-state index contributed by atoms with van der Waals surface area (Å²) in [6.45, 7) is 9.15. The summed E-state index contributed by atoms with van der Waals surface area (Å²) >= 11 is 0. The van der Waals surface area contributed by atoms with Gasteiger partial charge in [0.15, 0.2) is 0 Å². The molecule has 2 bridgehead atoms. The Labute approximate surface area is 134 Å². The molecule has 0 aliphatic heterocycles. The predicted molar refractivity (Wildman–Crippen MR) is 88.2 cm³/mol. The SMILES string of the molecule is C=C1C[C@@]23CC[C@H]4[C@@](C)(CCC[C@@]4(C)N=C=O)[C@@H]2CC[C@@H]1C3. The van der Waals surface area contributed by atoms with Gasteiger partial charge in [-0.05, 0) is 86.9 Å². The third-order valence-corrected chi connectivity index (χ3v) is 8.33. The maximum absolute atomic E-state index is 11.0. The maximum Gasteiger partial charge on any atom is 0.235 e. The second-order valence-corrected chi connectivity index (χ2v) is 9.24. The summed E-state index contributed by atoms with van der Waals surface area (Å²) in [5.74, 6) is 2.19. The summed E-state index contributed by atoms with van der Waals surface area (Å²) in [7, 11) is 0. The molecule has 4 aliphatic carbocycles. The number of hydrogen-bond donors (Lipinski definition) is 0. The van der Waals surface area contributed by atoms with E-state index in [0.717, 1.165) is 18.3 Å². The maximum atomic E-state index is 11.0.